The van der Waals surface area contributed by atoms with Gasteiger partial charge in [-0.2, -0.15) is 0 Å². The lowest BCUT2D eigenvalue weighted by Gasteiger charge is -2.35. The van der Waals surface area contributed by atoms with Crippen LogP contribution in [0.2, 0.25) is 0 Å². The van der Waals surface area contributed by atoms with Crippen LogP contribution < -0.4 is 4.90 Å². The molecule has 0 spiro atoms. The van der Waals surface area contributed by atoms with Gasteiger partial charge in [-0.05, 0) is 86.1 Å². The second kappa shape index (κ2) is 11.5. The fourth-order valence-corrected chi connectivity index (χ4v) is 7.32. The van der Waals surface area contributed by atoms with Crippen LogP contribution in [0.4, 0.5) is 17.1 Å². The average molecular weight is 588 g/mol. The first-order valence-electron chi connectivity index (χ1n) is 15.8. The van der Waals surface area contributed by atoms with Gasteiger partial charge in [0.1, 0.15) is 0 Å². The fraction of sp³-hybridized carbons (Fsp3) is 0.0222. The third-order valence-corrected chi connectivity index (χ3v) is 9.26. The highest BCUT2D eigenvalue weighted by molar-refractivity contribution is 5.95. The number of para-hydroxylation sites is 1. The number of nitrogens with zero attached hydrogens (tertiary/aromatic N) is 1. The summed E-state index contributed by atoms with van der Waals surface area (Å²) in [6.45, 7) is 3.96. The van der Waals surface area contributed by atoms with Crippen LogP contribution in [0.3, 0.4) is 0 Å². The number of benzene rings is 7. The minimum absolute atomic E-state index is 0.470. The maximum Gasteiger partial charge on any atom is 0.0714 e. The average Bonchev–Trinajstić information content (AvgIpc) is 3.42. The lowest BCUT2D eigenvalue weighted by molar-refractivity contribution is 0.768. The quantitative estimate of drug-likeness (QED) is 0.168. The third kappa shape index (κ3) is 4.40. The summed E-state index contributed by atoms with van der Waals surface area (Å²) in [5, 5.41) is 2.41. The largest absolute Gasteiger partial charge is 0.310 e. The van der Waals surface area contributed by atoms with Crippen molar-refractivity contribution in [2.45, 2.75) is 5.41 Å². The van der Waals surface area contributed by atoms with E-state index in [1.807, 2.05) is 12.2 Å². The lowest BCUT2D eigenvalue weighted by atomic mass is 9.67. The van der Waals surface area contributed by atoms with Crippen LogP contribution in [0, 0.1) is 0 Å². The number of allylic oxidation sites excluding steroid dienone is 2. The van der Waals surface area contributed by atoms with E-state index in [-0.39, 0.29) is 0 Å². The summed E-state index contributed by atoms with van der Waals surface area (Å²) >= 11 is 0. The number of rotatable bonds is 7. The molecule has 0 unspecified atom stereocenters. The van der Waals surface area contributed by atoms with Gasteiger partial charge in [0, 0.05) is 11.4 Å². The zero-order chi connectivity index (χ0) is 30.9. The Labute approximate surface area is 271 Å². The summed E-state index contributed by atoms with van der Waals surface area (Å²) < 4.78 is 0. The van der Waals surface area contributed by atoms with Gasteiger partial charge in [0.25, 0.3) is 0 Å². The number of fused-ring (bicyclic) bond motifs is 4. The van der Waals surface area contributed by atoms with Gasteiger partial charge in [0.05, 0.1) is 11.1 Å². The second-order valence-electron chi connectivity index (χ2n) is 11.8. The Morgan fingerprint density at radius 2 is 1.04 bits per heavy atom. The number of hydrogen-bond acceptors (Lipinski definition) is 1. The molecule has 0 bridgehead atoms. The van der Waals surface area contributed by atoms with Crippen molar-refractivity contribution in [2.75, 3.05) is 4.90 Å². The van der Waals surface area contributed by atoms with Crippen LogP contribution in [-0.2, 0) is 5.41 Å². The molecule has 0 amide bonds. The summed E-state index contributed by atoms with van der Waals surface area (Å²) in [6, 6.07) is 61.8. The summed E-state index contributed by atoms with van der Waals surface area (Å²) in [5.74, 6) is 0. The van der Waals surface area contributed by atoms with Gasteiger partial charge < -0.3 is 4.90 Å². The molecule has 0 atom stereocenters. The van der Waals surface area contributed by atoms with Gasteiger partial charge in [-0.25, -0.2) is 0 Å². The van der Waals surface area contributed by atoms with Gasteiger partial charge in [-0.15, -0.1) is 0 Å². The predicted molar refractivity (Wildman–Crippen MR) is 195 cm³/mol. The highest BCUT2D eigenvalue weighted by atomic mass is 15.1. The van der Waals surface area contributed by atoms with Gasteiger partial charge in [-0.3, -0.25) is 0 Å². The molecule has 1 aliphatic carbocycles. The standard InChI is InChI=1S/C45H33N/c1-2-3-17-35-30-33-18-13-14-19-34(33)31-44(35)46(38-24-11-6-12-25-38)39-28-29-41-40-26-15-16-27-42(40)45(43(41)32-39,36-20-7-4-8-21-36)37-22-9-5-10-23-37/h2-32H,1H2/b17-3-. The summed E-state index contributed by atoms with van der Waals surface area (Å²) in [7, 11) is 0. The Morgan fingerprint density at radius 3 is 1.72 bits per heavy atom. The van der Waals surface area contributed by atoms with E-state index in [9.17, 15) is 0 Å². The molecule has 7 aromatic carbocycles. The van der Waals surface area contributed by atoms with E-state index in [1.165, 1.54) is 44.2 Å². The van der Waals surface area contributed by atoms with E-state index in [4.69, 9.17) is 0 Å². The molecule has 1 aliphatic rings. The lowest BCUT2D eigenvalue weighted by Crippen LogP contribution is -2.28. The number of hydrogen-bond donors (Lipinski definition) is 0. The van der Waals surface area contributed by atoms with Crippen molar-refractivity contribution in [3.05, 3.63) is 216 Å². The van der Waals surface area contributed by atoms with E-state index >= 15 is 0 Å². The van der Waals surface area contributed by atoms with Crippen LogP contribution in [0.25, 0.3) is 28.0 Å². The Morgan fingerprint density at radius 1 is 0.478 bits per heavy atom. The summed E-state index contributed by atoms with van der Waals surface area (Å²) in [6.07, 6.45) is 6.02. The Balaban J connectivity index is 1.45. The fourth-order valence-electron chi connectivity index (χ4n) is 7.32. The minimum Gasteiger partial charge on any atom is -0.310 e. The molecule has 0 N–H and O–H groups in total. The molecule has 0 radical (unpaired) electrons. The highest BCUT2D eigenvalue weighted by Crippen LogP contribution is 2.57. The molecule has 218 valence electrons. The molecule has 8 rings (SSSR count). The molecule has 0 aliphatic heterocycles. The number of anilines is 3. The smallest absolute Gasteiger partial charge is 0.0714 e. The van der Waals surface area contributed by atoms with Crippen molar-refractivity contribution in [3.8, 4) is 11.1 Å². The molecular formula is C45H33N. The zero-order valence-corrected chi connectivity index (χ0v) is 25.6. The molecule has 0 aromatic heterocycles. The van der Waals surface area contributed by atoms with Gasteiger partial charge >= 0.3 is 0 Å². The van der Waals surface area contributed by atoms with Gasteiger partial charge in [0.15, 0.2) is 0 Å². The monoisotopic (exact) mass is 587 g/mol. The first-order chi connectivity index (χ1) is 22.8. The molecule has 46 heavy (non-hydrogen) atoms. The van der Waals surface area contributed by atoms with Crippen LogP contribution in [0.15, 0.2) is 189 Å². The molecular weight excluding hydrogens is 555 g/mol. The molecule has 0 saturated heterocycles. The van der Waals surface area contributed by atoms with Crippen molar-refractivity contribution in [3.63, 3.8) is 0 Å². The van der Waals surface area contributed by atoms with Gasteiger partial charge in [0.2, 0.25) is 0 Å². The molecule has 0 saturated carbocycles. The van der Waals surface area contributed by atoms with E-state index < -0.39 is 5.41 Å². The zero-order valence-electron chi connectivity index (χ0n) is 25.6. The van der Waals surface area contributed by atoms with Crippen LogP contribution >= 0.6 is 0 Å². The molecule has 0 fully saturated rings. The van der Waals surface area contributed by atoms with E-state index in [0.717, 1.165) is 22.6 Å². The minimum atomic E-state index is -0.470. The third-order valence-electron chi connectivity index (χ3n) is 9.26. The SMILES string of the molecule is C=C/C=C\c1cc2ccccc2cc1N(c1ccccc1)c1ccc2c(c1)C(c1ccccc1)(c1ccccc1)c1ccccc1-2. The first-order valence-corrected chi connectivity index (χ1v) is 15.8. The second-order valence-corrected chi connectivity index (χ2v) is 11.8. The molecule has 1 nitrogen and oxygen atoms in total. The summed E-state index contributed by atoms with van der Waals surface area (Å²) in [4.78, 5) is 2.40. The predicted octanol–water partition coefficient (Wildman–Crippen LogP) is 11.9. The maximum atomic E-state index is 3.96. The van der Waals surface area contributed by atoms with Crippen LogP contribution in [0.5, 0.6) is 0 Å². The van der Waals surface area contributed by atoms with Gasteiger partial charge in [-0.1, -0.05) is 158 Å². The van der Waals surface area contributed by atoms with Crippen molar-refractivity contribution < 1.29 is 0 Å². The van der Waals surface area contributed by atoms with E-state index in [0.29, 0.717) is 0 Å². The van der Waals surface area contributed by atoms with Crippen LogP contribution in [-0.4, -0.2) is 0 Å². The highest BCUT2D eigenvalue weighted by Gasteiger charge is 2.46. The summed E-state index contributed by atoms with van der Waals surface area (Å²) in [5.41, 5.74) is 11.7. The van der Waals surface area contributed by atoms with Crippen molar-refractivity contribution in [1.29, 1.82) is 0 Å². The van der Waals surface area contributed by atoms with Crippen LogP contribution in [0.1, 0.15) is 27.8 Å². The Hall–Kier alpha value is -5.92. The molecule has 7 aromatic rings. The topological polar surface area (TPSA) is 3.24 Å². The molecule has 1 heteroatoms. The first kappa shape index (κ1) is 27.6. The van der Waals surface area contributed by atoms with Crippen molar-refractivity contribution in [2.24, 2.45) is 0 Å². The molecule has 0 heterocycles. The maximum absolute atomic E-state index is 3.96. The Bertz CT molecular complexity index is 2170. The van der Waals surface area contributed by atoms with E-state index in [1.54, 1.807) is 0 Å². The Kier molecular flexibility index (Phi) is 6.93. The van der Waals surface area contributed by atoms with Crippen molar-refractivity contribution >= 4 is 33.9 Å². The van der Waals surface area contributed by atoms with E-state index in [2.05, 4.69) is 187 Å². The van der Waals surface area contributed by atoms with Crippen molar-refractivity contribution in [1.82, 2.24) is 0 Å². The normalized spacial score (nSPS) is 13.0.